The number of benzene rings is 1. The molecule has 0 bridgehead atoms. The van der Waals surface area contributed by atoms with Gasteiger partial charge in [0, 0.05) is 19.3 Å². The van der Waals surface area contributed by atoms with Crippen LogP contribution in [-0.4, -0.2) is 20.3 Å². The molecule has 1 heterocycles. The molecule has 0 aliphatic carbocycles. The zero-order valence-electron chi connectivity index (χ0n) is 9.99. The first-order valence-electron chi connectivity index (χ1n) is 5.89. The first-order chi connectivity index (χ1) is 8.22. The molecule has 0 saturated carbocycles. The van der Waals surface area contributed by atoms with Crippen LogP contribution in [0.3, 0.4) is 0 Å². The number of ether oxygens (including phenoxy) is 2. The molecule has 1 aromatic rings. The molecule has 94 valence electrons. The van der Waals surface area contributed by atoms with E-state index in [-0.39, 0.29) is 17.6 Å². The minimum absolute atomic E-state index is 0.0756. The molecule has 0 spiro atoms. The number of methoxy groups -OCH3 is 1. The molecule has 17 heavy (non-hydrogen) atoms. The van der Waals surface area contributed by atoms with Crippen LogP contribution in [0.1, 0.15) is 24.4 Å². The van der Waals surface area contributed by atoms with Crippen LogP contribution >= 0.6 is 0 Å². The molecule has 3 nitrogen and oxygen atoms in total. The summed E-state index contributed by atoms with van der Waals surface area (Å²) in [6, 6.07) is 4.76. The third-order valence-electron chi connectivity index (χ3n) is 3.33. The number of hydrogen-bond donors (Lipinski definition) is 1. The van der Waals surface area contributed by atoms with Crippen molar-refractivity contribution in [3.63, 3.8) is 0 Å². The molecular formula is C13H18FNO2. The lowest BCUT2D eigenvalue weighted by atomic mass is 9.88. The smallest absolute Gasteiger partial charge is 0.165 e. The van der Waals surface area contributed by atoms with Gasteiger partial charge < -0.3 is 15.2 Å². The fourth-order valence-corrected chi connectivity index (χ4v) is 2.23. The molecule has 1 aliphatic heterocycles. The Morgan fingerprint density at radius 2 is 2.12 bits per heavy atom. The molecule has 0 amide bonds. The number of halogens is 1. The lowest BCUT2D eigenvalue weighted by Gasteiger charge is -2.28. The van der Waals surface area contributed by atoms with Crippen LogP contribution in [0.25, 0.3) is 0 Å². The molecule has 0 radical (unpaired) electrons. The van der Waals surface area contributed by atoms with Crippen LogP contribution in [0.5, 0.6) is 5.75 Å². The fraction of sp³-hybridized carbons (Fsp3) is 0.538. The van der Waals surface area contributed by atoms with Gasteiger partial charge in [-0.2, -0.15) is 0 Å². The summed E-state index contributed by atoms with van der Waals surface area (Å²) >= 11 is 0. The van der Waals surface area contributed by atoms with Gasteiger partial charge in [-0.3, -0.25) is 0 Å². The highest BCUT2D eigenvalue weighted by Gasteiger charge is 2.23. The van der Waals surface area contributed by atoms with Gasteiger partial charge in [0.25, 0.3) is 0 Å². The topological polar surface area (TPSA) is 44.5 Å². The van der Waals surface area contributed by atoms with E-state index in [4.69, 9.17) is 15.2 Å². The average Bonchev–Trinajstić information content (AvgIpc) is 2.39. The van der Waals surface area contributed by atoms with E-state index >= 15 is 0 Å². The maximum atomic E-state index is 13.3. The van der Waals surface area contributed by atoms with Crippen LogP contribution in [0, 0.1) is 11.7 Å². The number of nitrogens with two attached hydrogens (primary N) is 1. The predicted octanol–water partition coefficient (Wildman–Crippen LogP) is 2.26. The van der Waals surface area contributed by atoms with Crippen molar-refractivity contribution in [1.29, 1.82) is 0 Å². The predicted molar refractivity (Wildman–Crippen MR) is 63.4 cm³/mol. The standard InChI is InChI=1S/C13H18FNO2/c1-16-12-8-10(2-3-11(12)14)13(15)9-4-6-17-7-5-9/h2-3,8-9,13H,4-7,15H2,1H3. The summed E-state index contributed by atoms with van der Waals surface area (Å²) in [5, 5.41) is 0. The lowest BCUT2D eigenvalue weighted by Crippen LogP contribution is -2.27. The van der Waals surface area contributed by atoms with Crippen LogP contribution in [0.2, 0.25) is 0 Å². The van der Waals surface area contributed by atoms with E-state index in [2.05, 4.69) is 0 Å². The molecular weight excluding hydrogens is 221 g/mol. The summed E-state index contributed by atoms with van der Waals surface area (Å²) in [7, 11) is 1.46. The van der Waals surface area contributed by atoms with Crippen molar-refractivity contribution in [2.24, 2.45) is 11.7 Å². The van der Waals surface area contributed by atoms with Crippen molar-refractivity contribution in [2.45, 2.75) is 18.9 Å². The highest BCUT2D eigenvalue weighted by atomic mass is 19.1. The SMILES string of the molecule is COc1cc(C(N)C2CCOCC2)ccc1F. The summed E-state index contributed by atoms with van der Waals surface area (Å²) in [6.45, 7) is 1.52. The highest BCUT2D eigenvalue weighted by molar-refractivity contribution is 5.32. The van der Waals surface area contributed by atoms with E-state index in [1.807, 2.05) is 0 Å². The van der Waals surface area contributed by atoms with Gasteiger partial charge in [-0.25, -0.2) is 4.39 Å². The Bertz CT molecular complexity index is 378. The van der Waals surface area contributed by atoms with Gasteiger partial charge in [-0.1, -0.05) is 6.07 Å². The number of rotatable bonds is 3. The largest absolute Gasteiger partial charge is 0.494 e. The second-order valence-corrected chi connectivity index (χ2v) is 4.37. The Labute approximate surface area is 101 Å². The Hall–Kier alpha value is -1.13. The second-order valence-electron chi connectivity index (χ2n) is 4.37. The zero-order valence-corrected chi connectivity index (χ0v) is 9.99. The van der Waals surface area contributed by atoms with Crippen molar-refractivity contribution >= 4 is 0 Å². The fourth-order valence-electron chi connectivity index (χ4n) is 2.23. The minimum Gasteiger partial charge on any atom is -0.494 e. The molecule has 1 aliphatic rings. The van der Waals surface area contributed by atoms with Crippen molar-refractivity contribution in [2.75, 3.05) is 20.3 Å². The van der Waals surface area contributed by atoms with E-state index in [1.165, 1.54) is 13.2 Å². The van der Waals surface area contributed by atoms with E-state index in [9.17, 15) is 4.39 Å². The Balaban J connectivity index is 2.15. The van der Waals surface area contributed by atoms with Gasteiger partial charge in [-0.05, 0) is 36.5 Å². The Kier molecular flexibility index (Phi) is 3.97. The maximum absolute atomic E-state index is 13.3. The van der Waals surface area contributed by atoms with Gasteiger partial charge in [0.2, 0.25) is 0 Å². The van der Waals surface area contributed by atoms with Crippen molar-refractivity contribution in [3.05, 3.63) is 29.6 Å². The second kappa shape index (κ2) is 5.47. The number of hydrogen-bond acceptors (Lipinski definition) is 3. The molecule has 1 atom stereocenters. The van der Waals surface area contributed by atoms with Crippen LogP contribution in [0.4, 0.5) is 4.39 Å². The van der Waals surface area contributed by atoms with Gasteiger partial charge in [0.1, 0.15) is 0 Å². The molecule has 1 unspecified atom stereocenters. The summed E-state index contributed by atoms with van der Waals surface area (Å²) in [4.78, 5) is 0. The third kappa shape index (κ3) is 2.76. The molecule has 1 saturated heterocycles. The molecule has 1 aromatic carbocycles. The maximum Gasteiger partial charge on any atom is 0.165 e. The molecule has 1 fully saturated rings. The van der Waals surface area contributed by atoms with Crippen LogP contribution in [-0.2, 0) is 4.74 Å². The normalized spacial score (nSPS) is 19.0. The first-order valence-corrected chi connectivity index (χ1v) is 5.89. The first kappa shape index (κ1) is 12.3. The zero-order chi connectivity index (χ0) is 12.3. The van der Waals surface area contributed by atoms with E-state index in [0.717, 1.165) is 31.6 Å². The van der Waals surface area contributed by atoms with Gasteiger partial charge in [0.15, 0.2) is 11.6 Å². The molecule has 2 N–H and O–H groups in total. The van der Waals surface area contributed by atoms with E-state index in [0.29, 0.717) is 5.92 Å². The van der Waals surface area contributed by atoms with Crippen LogP contribution in [0.15, 0.2) is 18.2 Å². The average molecular weight is 239 g/mol. The van der Waals surface area contributed by atoms with Gasteiger partial charge in [0.05, 0.1) is 7.11 Å². The minimum atomic E-state index is -0.351. The Morgan fingerprint density at radius 3 is 2.76 bits per heavy atom. The van der Waals surface area contributed by atoms with Gasteiger partial charge in [-0.15, -0.1) is 0 Å². The summed E-state index contributed by atoms with van der Waals surface area (Å²) in [5.41, 5.74) is 7.14. The van der Waals surface area contributed by atoms with Crippen molar-refractivity contribution in [3.8, 4) is 5.75 Å². The summed E-state index contributed by atoms with van der Waals surface area (Å²) in [5.74, 6) is 0.305. The Morgan fingerprint density at radius 1 is 1.41 bits per heavy atom. The highest BCUT2D eigenvalue weighted by Crippen LogP contribution is 2.30. The van der Waals surface area contributed by atoms with Gasteiger partial charge >= 0.3 is 0 Å². The van der Waals surface area contributed by atoms with Crippen molar-refractivity contribution in [1.82, 2.24) is 0 Å². The molecule has 0 aromatic heterocycles. The monoisotopic (exact) mass is 239 g/mol. The lowest BCUT2D eigenvalue weighted by molar-refractivity contribution is 0.0583. The quantitative estimate of drug-likeness (QED) is 0.880. The summed E-state index contributed by atoms with van der Waals surface area (Å²) < 4.78 is 23.6. The third-order valence-corrected chi connectivity index (χ3v) is 3.33. The molecule has 4 heteroatoms. The van der Waals surface area contributed by atoms with E-state index in [1.54, 1.807) is 12.1 Å². The summed E-state index contributed by atoms with van der Waals surface area (Å²) in [6.07, 6.45) is 1.92. The van der Waals surface area contributed by atoms with Crippen LogP contribution < -0.4 is 10.5 Å². The van der Waals surface area contributed by atoms with E-state index < -0.39 is 0 Å². The van der Waals surface area contributed by atoms with Crippen molar-refractivity contribution < 1.29 is 13.9 Å². The molecule has 2 rings (SSSR count).